The molecule has 0 bridgehead atoms. The molecule has 0 radical (unpaired) electrons. The Bertz CT molecular complexity index is 436. The third-order valence-electron chi connectivity index (χ3n) is 3.78. The molecular weight excluding hydrogens is 228 g/mol. The molecule has 0 aliphatic carbocycles. The van der Waals surface area contributed by atoms with Gasteiger partial charge >= 0.3 is 0 Å². The van der Waals surface area contributed by atoms with Crippen molar-refractivity contribution in [3.8, 4) is 5.75 Å². The minimum Gasteiger partial charge on any atom is -0.480 e. The summed E-state index contributed by atoms with van der Waals surface area (Å²) in [4.78, 5) is 12.2. The van der Waals surface area contributed by atoms with E-state index in [2.05, 4.69) is 17.6 Å². The van der Waals surface area contributed by atoms with Crippen LogP contribution in [-0.2, 0) is 11.2 Å². The van der Waals surface area contributed by atoms with Crippen LogP contribution >= 0.6 is 0 Å². The Morgan fingerprint density at radius 2 is 2.22 bits per heavy atom. The Labute approximate surface area is 107 Å². The summed E-state index contributed by atoms with van der Waals surface area (Å²) in [6.07, 6.45) is 0.312. The lowest BCUT2D eigenvalue weighted by Crippen LogP contribution is -2.46. The molecule has 2 aliphatic heterocycles. The van der Waals surface area contributed by atoms with Crippen molar-refractivity contribution in [3.63, 3.8) is 0 Å². The highest BCUT2D eigenvalue weighted by Crippen LogP contribution is 2.28. The van der Waals surface area contributed by atoms with Crippen molar-refractivity contribution < 1.29 is 9.53 Å². The van der Waals surface area contributed by atoms with Gasteiger partial charge in [-0.25, -0.2) is 0 Å². The minimum absolute atomic E-state index is 0.00625. The van der Waals surface area contributed by atoms with E-state index in [4.69, 9.17) is 4.74 Å². The Balaban J connectivity index is 1.62. The van der Waals surface area contributed by atoms with Gasteiger partial charge in [0, 0.05) is 19.0 Å². The quantitative estimate of drug-likeness (QED) is 0.808. The Kier molecular flexibility index (Phi) is 2.96. The maximum Gasteiger partial charge on any atom is 0.261 e. The van der Waals surface area contributed by atoms with E-state index >= 15 is 0 Å². The van der Waals surface area contributed by atoms with Crippen molar-refractivity contribution in [2.75, 3.05) is 13.1 Å². The molecule has 4 nitrogen and oxygen atoms in total. The zero-order valence-corrected chi connectivity index (χ0v) is 10.5. The van der Waals surface area contributed by atoms with Crippen molar-refractivity contribution in [1.29, 1.82) is 0 Å². The second kappa shape index (κ2) is 4.61. The van der Waals surface area contributed by atoms with Crippen LogP contribution in [0.15, 0.2) is 24.3 Å². The van der Waals surface area contributed by atoms with E-state index in [1.807, 2.05) is 24.3 Å². The number of hydrogen-bond acceptors (Lipinski definition) is 3. The van der Waals surface area contributed by atoms with Gasteiger partial charge in [-0.1, -0.05) is 25.1 Å². The number of hydrogen-bond donors (Lipinski definition) is 2. The second-order valence-electron chi connectivity index (χ2n) is 5.17. The molecule has 0 saturated carbocycles. The van der Waals surface area contributed by atoms with Crippen molar-refractivity contribution in [2.45, 2.75) is 25.5 Å². The molecule has 1 aromatic carbocycles. The van der Waals surface area contributed by atoms with E-state index in [1.54, 1.807) is 0 Å². The topological polar surface area (TPSA) is 50.4 Å². The molecule has 18 heavy (non-hydrogen) atoms. The fraction of sp³-hybridized carbons (Fsp3) is 0.500. The number of rotatable bonds is 2. The largest absolute Gasteiger partial charge is 0.480 e. The van der Waals surface area contributed by atoms with E-state index in [1.165, 1.54) is 0 Å². The van der Waals surface area contributed by atoms with Crippen LogP contribution in [0.3, 0.4) is 0 Å². The predicted octanol–water partition coefficient (Wildman–Crippen LogP) is 0.714. The molecule has 1 saturated heterocycles. The molecule has 2 aliphatic rings. The van der Waals surface area contributed by atoms with Gasteiger partial charge in [-0.3, -0.25) is 4.79 Å². The molecule has 3 unspecified atom stereocenters. The van der Waals surface area contributed by atoms with E-state index < -0.39 is 0 Å². The summed E-state index contributed by atoms with van der Waals surface area (Å²) in [7, 11) is 0. The van der Waals surface area contributed by atoms with Crippen LogP contribution in [0.25, 0.3) is 0 Å². The van der Waals surface area contributed by atoms with Gasteiger partial charge in [-0.2, -0.15) is 0 Å². The number of para-hydroxylation sites is 1. The fourth-order valence-corrected chi connectivity index (χ4v) is 2.61. The lowest BCUT2D eigenvalue weighted by Gasteiger charge is -2.18. The van der Waals surface area contributed by atoms with Crippen LogP contribution in [0.4, 0.5) is 0 Å². The average Bonchev–Trinajstić information content (AvgIpc) is 2.96. The van der Waals surface area contributed by atoms with Crippen molar-refractivity contribution in [3.05, 3.63) is 29.8 Å². The van der Waals surface area contributed by atoms with Gasteiger partial charge in [-0.15, -0.1) is 0 Å². The molecule has 1 fully saturated rings. The molecule has 0 aromatic heterocycles. The van der Waals surface area contributed by atoms with Gasteiger partial charge in [0.15, 0.2) is 6.10 Å². The van der Waals surface area contributed by atoms with Crippen molar-refractivity contribution in [2.24, 2.45) is 5.92 Å². The van der Waals surface area contributed by atoms with Crippen LogP contribution in [0.1, 0.15) is 12.5 Å². The molecule has 4 heteroatoms. The normalized spacial score (nSPS) is 29.7. The average molecular weight is 246 g/mol. The standard InChI is InChI=1S/C14H18N2O2/c1-9-7-15-8-11(9)16-14(17)13-6-10-4-2-3-5-12(10)18-13/h2-5,9,11,13,15H,6-8H2,1H3,(H,16,17). The summed E-state index contributed by atoms with van der Waals surface area (Å²) < 4.78 is 5.68. The fourth-order valence-electron chi connectivity index (χ4n) is 2.61. The van der Waals surface area contributed by atoms with Gasteiger partial charge < -0.3 is 15.4 Å². The van der Waals surface area contributed by atoms with Crippen LogP contribution in [0, 0.1) is 5.92 Å². The number of ether oxygens (including phenoxy) is 1. The number of benzene rings is 1. The smallest absolute Gasteiger partial charge is 0.261 e. The van der Waals surface area contributed by atoms with Crippen LogP contribution < -0.4 is 15.4 Å². The molecule has 1 aromatic rings. The zero-order chi connectivity index (χ0) is 12.5. The first-order chi connectivity index (χ1) is 8.74. The van der Waals surface area contributed by atoms with Gasteiger partial charge in [0.1, 0.15) is 5.75 Å². The van der Waals surface area contributed by atoms with E-state index in [-0.39, 0.29) is 18.1 Å². The first-order valence-electron chi connectivity index (χ1n) is 6.49. The lowest BCUT2D eigenvalue weighted by molar-refractivity contribution is -0.128. The van der Waals surface area contributed by atoms with Crippen molar-refractivity contribution in [1.82, 2.24) is 10.6 Å². The predicted molar refractivity (Wildman–Crippen MR) is 68.5 cm³/mol. The van der Waals surface area contributed by atoms with Gasteiger partial charge in [0.2, 0.25) is 0 Å². The number of amides is 1. The molecular formula is C14H18N2O2. The summed E-state index contributed by atoms with van der Waals surface area (Å²) in [6, 6.07) is 8.07. The third-order valence-corrected chi connectivity index (χ3v) is 3.78. The maximum atomic E-state index is 12.2. The number of fused-ring (bicyclic) bond motifs is 1. The second-order valence-corrected chi connectivity index (χ2v) is 5.17. The highest BCUT2D eigenvalue weighted by atomic mass is 16.5. The highest BCUT2D eigenvalue weighted by Gasteiger charge is 2.32. The highest BCUT2D eigenvalue weighted by molar-refractivity contribution is 5.82. The van der Waals surface area contributed by atoms with Crippen molar-refractivity contribution >= 4 is 5.91 Å². The van der Waals surface area contributed by atoms with Gasteiger partial charge in [0.05, 0.1) is 0 Å². The molecule has 96 valence electrons. The summed E-state index contributed by atoms with van der Waals surface area (Å²) in [5, 5.41) is 6.36. The Hall–Kier alpha value is -1.55. The Morgan fingerprint density at radius 1 is 1.39 bits per heavy atom. The number of carbonyl (C=O) groups is 1. The third kappa shape index (κ3) is 2.08. The molecule has 1 amide bonds. The van der Waals surface area contributed by atoms with Crippen LogP contribution in [0.2, 0.25) is 0 Å². The minimum atomic E-state index is -0.366. The Morgan fingerprint density at radius 3 is 2.94 bits per heavy atom. The lowest BCUT2D eigenvalue weighted by atomic mass is 10.1. The van der Waals surface area contributed by atoms with Gasteiger partial charge in [0.25, 0.3) is 5.91 Å². The van der Waals surface area contributed by atoms with E-state index in [0.717, 1.165) is 24.4 Å². The molecule has 3 atom stereocenters. The monoisotopic (exact) mass is 246 g/mol. The van der Waals surface area contributed by atoms with Gasteiger partial charge in [-0.05, 0) is 24.1 Å². The number of nitrogens with one attached hydrogen (secondary N) is 2. The maximum absolute atomic E-state index is 12.2. The summed E-state index contributed by atoms with van der Waals surface area (Å²) in [5.41, 5.74) is 1.12. The van der Waals surface area contributed by atoms with Crippen LogP contribution in [-0.4, -0.2) is 31.1 Å². The summed E-state index contributed by atoms with van der Waals surface area (Å²) in [6.45, 7) is 3.97. The number of carbonyl (C=O) groups excluding carboxylic acids is 1. The molecule has 0 spiro atoms. The zero-order valence-electron chi connectivity index (χ0n) is 10.5. The van der Waals surface area contributed by atoms with Crippen LogP contribution in [0.5, 0.6) is 5.75 Å². The SMILES string of the molecule is CC1CNCC1NC(=O)C1Cc2ccccc2O1. The molecule has 3 rings (SSSR count). The molecule has 2 N–H and O–H groups in total. The summed E-state index contributed by atoms with van der Waals surface area (Å²) in [5.74, 6) is 1.33. The first kappa shape index (κ1) is 11.5. The first-order valence-corrected chi connectivity index (χ1v) is 6.49. The summed E-state index contributed by atoms with van der Waals surface area (Å²) >= 11 is 0. The van der Waals surface area contributed by atoms with E-state index in [9.17, 15) is 4.79 Å². The van der Waals surface area contributed by atoms with E-state index in [0.29, 0.717) is 12.3 Å². The molecule has 2 heterocycles.